The van der Waals surface area contributed by atoms with Crippen molar-refractivity contribution in [3.63, 3.8) is 0 Å². The van der Waals surface area contributed by atoms with E-state index in [9.17, 15) is 14.7 Å². The molecule has 0 unspecified atom stereocenters. The van der Waals surface area contributed by atoms with Crippen LogP contribution in [0.4, 0.5) is 11.4 Å². The highest BCUT2D eigenvalue weighted by atomic mass is 16.5. The molecular weight excluding hydrogens is 334 g/mol. The van der Waals surface area contributed by atoms with Gasteiger partial charge in [0.25, 0.3) is 0 Å². The van der Waals surface area contributed by atoms with Crippen LogP contribution in [0, 0.1) is 0 Å². The normalized spacial score (nSPS) is 24.9. The van der Waals surface area contributed by atoms with E-state index in [0.29, 0.717) is 23.5 Å². The zero-order valence-electron chi connectivity index (χ0n) is 15.5. The fourth-order valence-corrected chi connectivity index (χ4v) is 3.88. The van der Waals surface area contributed by atoms with Gasteiger partial charge in [0.05, 0.1) is 17.4 Å². The number of rotatable bonds is 4. The van der Waals surface area contributed by atoms with Crippen LogP contribution in [-0.4, -0.2) is 47.1 Å². The number of piperidine rings is 1. The molecule has 1 aromatic carbocycles. The number of aliphatic hydroxyl groups is 1. The first-order chi connectivity index (χ1) is 12.3. The molecular formula is C19H27N3O4. The van der Waals surface area contributed by atoms with Gasteiger partial charge in [0, 0.05) is 18.6 Å². The van der Waals surface area contributed by atoms with Crippen LogP contribution in [0.1, 0.15) is 51.6 Å². The molecule has 7 nitrogen and oxygen atoms in total. The van der Waals surface area contributed by atoms with Crippen molar-refractivity contribution < 1.29 is 19.4 Å². The number of fused-ring (bicyclic) bond motifs is 1. The Hall–Kier alpha value is -2.12. The molecule has 1 saturated heterocycles. The highest BCUT2D eigenvalue weighted by molar-refractivity contribution is 5.95. The number of carbonyl (C=O) groups excluding carboxylic acids is 2. The van der Waals surface area contributed by atoms with Crippen molar-refractivity contribution in [3.05, 3.63) is 17.7 Å². The number of amides is 2. The van der Waals surface area contributed by atoms with E-state index >= 15 is 0 Å². The van der Waals surface area contributed by atoms with Crippen LogP contribution < -0.4 is 15.4 Å². The topological polar surface area (TPSA) is 90.9 Å². The molecule has 2 aliphatic heterocycles. The smallest absolute Gasteiger partial charge is 0.221 e. The van der Waals surface area contributed by atoms with Gasteiger partial charge >= 0.3 is 0 Å². The maximum Gasteiger partial charge on any atom is 0.221 e. The van der Waals surface area contributed by atoms with E-state index in [1.165, 1.54) is 13.3 Å². The van der Waals surface area contributed by atoms with Crippen molar-refractivity contribution in [1.82, 2.24) is 4.90 Å². The zero-order valence-corrected chi connectivity index (χ0v) is 15.5. The van der Waals surface area contributed by atoms with E-state index < -0.39 is 11.7 Å². The van der Waals surface area contributed by atoms with Gasteiger partial charge in [-0.3, -0.25) is 14.5 Å². The number of aliphatic hydroxyl groups excluding tert-OH is 1. The standard InChI is InChI=1S/C19H27N3O4/c1-12(24)21-15-10-16-13(9-14(15)20-11-23)17(18(25)19(2,3)26-16)22-7-5-4-6-8-22/h9-11,17-18,25H,4-8H2,1-3H3,(H,20,23)(H,21,24)/t17-,18+/m0/s1. The van der Waals surface area contributed by atoms with Crippen LogP contribution in [0.3, 0.4) is 0 Å². The average Bonchev–Trinajstić information content (AvgIpc) is 2.58. The second-order valence-corrected chi connectivity index (χ2v) is 7.57. The predicted octanol–water partition coefficient (Wildman–Crippen LogP) is 2.27. The third-order valence-corrected chi connectivity index (χ3v) is 5.16. The van der Waals surface area contributed by atoms with Crippen LogP contribution in [0.2, 0.25) is 0 Å². The molecule has 0 spiro atoms. The molecule has 0 radical (unpaired) electrons. The fraction of sp³-hybridized carbons (Fsp3) is 0.579. The maximum atomic E-state index is 11.5. The summed E-state index contributed by atoms with van der Waals surface area (Å²) in [5.41, 5.74) is 1.04. The molecule has 0 bridgehead atoms. The molecule has 0 aliphatic carbocycles. The molecule has 1 fully saturated rings. The molecule has 0 saturated carbocycles. The van der Waals surface area contributed by atoms with Gasteiger partial charge in [0.15, 0.2) is 0 Å². The summed E-state index contributed by atoms with van der Waals surface area (Å²) in [6.45, 7) is 6.98. The summed E-state index contributed by atoms with van der Waals surface area (Å²) < 4.78 is 6.06. The first kappa shape index (κ1) is 18.7. The van der Waals surface area contributed by atoms with Crippen molar-refractivity contribution in [2.75, 3.05) is 23.7 Å². The maximum absolute atomic E-state index is 11.5. The van der Waals surface area contributed by atoms with Crippen LogP contribution >= 0.6 is 0 Å². The highest BCUT2D eigenvalue weighted by Gasteiger charge is 2.45. The monoisotopic (exact) mass is 361 g/mol. The molecule has 142 valence electrons. The van der Waals surface area contributed by atoms with Crippen molar-refractivity contribution in [3.8, 4) is 5.75 Å². The van der Waals surface area contributed by atoms with Crippen molar-refractivity contribution in [2.24, 2.45) is 0 Å². The molecule has 0 aromatic heterocycles. The zero-order chi connectivity index (χ0) is 18.9. The summed E-state index contributed by atoms with van der Waals surface area (Å²) in [5.74, 6) is 0.387. The Kier molecular flexibility index (Phi) is 5.20. The summed E-state index contributed by atoms with van der Waals surface area (Å²) in [4.78, 5) is 24.8. The van der Waals surface area contributed by atoms with Gasteiger partial charge in [0.1, 0.15) is 17.5 Å². The van der Waals surface area contributed by atoms with Gasteiger partial charge in [-0.25, -0.2) is 0 Å². The quantitative estimate of drug-likeness (QED) is 0.716. The van der Waals surface area contributed by atoms with E-state index in [2.05, 4.69) is 15.5 Å². The Bertz CT molecular complexity index is 698. The Morgan fingerprint density at radius 3 is 2.58 bits per heavy atom. The number of hydrogen-bond donors (Lipinski definition) is 3. The third kappa shape index (κ3) is 3.54. The Morgan fingerprint density at radius 1 is 1.27 bits per heavy atom. The van der Waals surface area contributed by atoms with Crippen molar-refractivity contribution >= 4 is 23.7 Å². The summed E-state index contributed by atoms with van der Waals surface area (Å²) in [6.07, 6.45) is 3.27. The third-order valence-electron chi connectivity index (χ3n) is 5.16. The second-order valence-electron chi connectivity index (χ2n) is 7.57. The van der Waals surface area contributed by atoms with E-state index in [1.54, 1.807) is 12.1 Å². The molecule has 2 aliphatic rings. The van der Waals surface area contributed by atoms with Crippen LogP contribution in [0.15, 0.2) is 12.1 Å². The number of nitrogens with zero attached hydrogens (tertiary/aromatic N) is 1. The lowest BCUT2D eigenvalue weighted by Crippen LogP contribution is -2.54. The average molecular weight is 361 g/mol. The minimum atomic E-state index is -0.762. The lowest BCUT2D eigenvalue weighted by Gasteiger charge is -2.47. The molecule has 3 rings (SSSR count). The van der Waals surface area contributed by atoms with Crippen molar-refractivity contribution in [2.45, 2.75) is 57.8 Å². The van der Waals surface area contributed by atoms with E-state index in [1.807, 2.05) is 13.8 Å². The highest BCUT2D eigenvalue weighted by Crippen LogP contribution is 2.46. The van der Waals surface area contributed by atoms with E-state index in [0.717, 1.165) is 31.5 Å². The molecule has 7 heteroatoms. The van der Waals surface area contributed by atoms with Crippen LogP contribution in [-0.2, 0) is 9.59 Å². The Morgan fingerprint density at radius 2 is 1.96 bits per heavy atom. The van der Waals surface area contributed by atoms with Gasteiger partial charge in [-0.1, -0.05) is 6.42 Å². The molecule has 2 heterocycles. The van der Waals surface area contributed by atoms with Gasteiger partial charge in [-0.2, -0.15) is 0 Å². The summed E-state index contributed by atoms with van der Waals surface area (Å²) >= 11 is 0. The van der Waals surface area contributed by atoms with E-state index in [4.69, 9.17) is 4.74 Å². The van der Waals surface area contributed by atoms with Gasteiger partial charge < -0.3 is 20.5 Å². The Balaban J connectivity index is 2.09. The lowest BCUT2D eigenvalue weighted by molar-refractivity contribution is -0.114. The number of ether oxygens (including phenoxy) is 1. The minimum Gasteiger partial charge on any atom is -0.485 e. The molecule has 3 N–H and O–H groups in total. The minimum absolute atomic E-state index is 0.215. The molecule has 26 heavy (non-hydrogen) atoms. The lowest BCUT2D eigenvalue weighted by atomic mass is 9.84. The number of likely N-dealkylation sites (tertiary alicyclic amines) is 1. The van der Waals surface area contributed by atoms with Crippen molar-refractivity contribution in [1.29, 1.82) is 0 Å². The number of anilines is 2. The number of nitrogens with one attached hydrogen (secondary N) is 2. The summed E-state index contributed by atoms with van der Waals surface area (Å²) in [7, 11) is 0. The van der Waals surface area contributed by atoms with Crippen LogP contribution in [0.25, 0.3) is 0 Å². The van der Waals surface area contributed by atoms with E-state index in [-0.39, 0.29) is 11.9 Å². The summed E-state index contributed by atoms with van der Waals surface area (Å²) in [6, 6.07) is 3.31. The largest absolute Gasteiger partial charge is 0.485 e. The SMILES string of the molecule is CC(=O)Nc1cc2c(cc1NC=O)[C@H](N1CCCCC1)[C@@H](O)C(C)(C)O2. The number of carbonyl (C=O) groups is 2. The molecule has 2 atom stereocenters. The Labute approximate surface area is 153 Å². The fourth-order valence-electron chi connectivity index (χ4n) is 3.88. The van der Waals surface area contributed by atoms with Crippen LogP contribution in [0.5, 0.6) is 5.75 Å². The van der Waals surface area contributed by atoms with Gasteiger partial charge in [0.2, 0.25) is 12.3 Å². The first-order valence-electron chi connectivity index (χ1n) is 9.10. The number of benzene rings is 1. The summed E-state index contributed by atoms with van der Waals surface area (Å²) in [5, 5.41) is 16.4. The predicted molar refractivity (Wildman–Crippen MR) is 99.3 cm³/mol. The first-order valence-corrected chi connectivity index (χ1v) is 9.10. The molecule has 1 aromatic rings. The van der Waals surface area contributed by atoms with Gasteiger partial charge in [-0.05, 0) is 45.8 Å². The molecule has 2 amide bonds. The number of hydrogen-bond acceptors (Lipinski definition) is 5. The van der Waals surface area contributed by atoms with Gasteiger partial charge in [-0.15, -0.1) is 0 Å². The second kappa shape index (κ2) is 7.25.